The van der Waals surface area contributed by atoms with Gasteiger partial charge in [0.15, 0.2) is 0 Å². The van der Waals surface area contributed by atoms with Crippen LogP contribution in [0.15, 0.2) is 12.3 Å². The minimum Gasteiger partial charge on any atom is -0.324 e. The average Bonchev–Trinajstić information content (AvgIpc) is 2.71. The fourth-order valence-corrected chi connectivity index (χ4v) is 1.64. The van der Waals surface area contributed by atoms with Crippen LogP contribution < -0.4 is 11.1 Å². The van der Waals surface area contributed by atoms with Gasteiger partial charge in [-0.05, 0) is 25.5 Å². The van der Waals surface area contributed by atoms with Gasteiger partial charge in [-0.15, -0.1) is 12.4 Å². The minimum absolute atomic E-state index is 0. The van der Waals surface area contributed by atoms with Crippen molar-refractivity contribution in [2.45, 2.75) is 25.4 Å². The topological polar surface area (TPSA) is 63.8 Å². The molecule has 0 spiro atoms. The van der Waals surface area contributed by atoms with E-state index in [2.05, 4.69) is 15.3 Å². The molecule has 0 aromatic carbocycles. The van der Waals surface area contributed by atoms with Crippen LogP contribution in [0, 0.1) is 0 Å². The number of hydrogen-bond acceptors (Lipinski definition) is 4. The van der Waals surface area contributed by atoms with Crippen molar-refractivity contribution in [3.63, 3.8) is 0 Å². The summed E-state index contributed by atoms with van der Waals surface area (Å²) in [6.07, 6.45) is 4.18. The molecule has 78 valence electrons. The summed E-state index contributed by atoms with van der Waals surface area (Å²) in [7, 11) is 0. The van der Waals surface area contributed by atoms with Crippen molar-refractivity contribution in [2.75, 3.05) is 6.54 Å². The largest absolute Gasteiger partial charge is 0.324 e. The molecule has 1 fully saturated rings. The van der Waals surface area contributed by atoms with Gasteiger partial charge in [0.05, 0.1) is 12.2 Å². The highest BCUT2D eigenvalue weighted by atomic mass is 35.5. The van der Waals surface area contributed by atoms with E-state index >= 15 is 0 Å². The molecule has 1 aliphatic rings. The summed E-state index contributed by atoms with van der Waals surface area (Å²) in [5.74, 6) is 0.728. The van der Waals surface area contributed by atoms with E-state index in [0.29, 0.717) is 12.6 Å². The molecule has 0 saturated carbocycles. The van der Waals surface area contributed by atoms with Crippen molar-refractivity contribution in [1.29, 1.82) is 0 Å². The summed E-state index contributed by atoms with van der Waals surface area (Å²) in [6, 6.07) is 2.37. The molecule has 1 aromatic heterocycles. The second kappa shape index (κ2) is 5.24. The standard InChI is InChI=1S/C9H14N4.ClH/c10-6-9-12-5-3-8(13-9)7-2-1-4-11-7;/h3,5,7,11H,1-2,4,6,10H2;1H. The quantitative estimate of drug-likeness (QED) is 0.764. The summed E-state index contributed by atoms with van der Waals surface area (Å²) in [5.41, 5.74) is 6.55. The van der Waals surface area contributed by atoms with Crippen molar-refractivity contribution in [3.05, 3.63) is 23.8 Å². The molecule has 0 bridgehead atoms. The van der Waals surface area contributed by atoms with E-state index in [1.54, 1.807) is 6.20 Å². The van der Waals surface area contributed by atoms with Crippen LogP contribution in [0.2, 0.25) is 0 Å². The van der Waals surface area contributed by atoms with E-state index in [-0.39, 0.29) is 12.4 Å². The number of nitrogens with one attached hydrogen (secondary N) is 1. The zero-order valence-electron chi connectivity index (χ0n) is 7.94. The molecular formula is C9H15ClN4. The van der Waals surface area contributed by atoms with Gasteiger partial charge in [0.1, 0.15) is 5.82 Å². The van der Waals surface area contributed by atoms with E-state index < -0.39 is 0 Å². The number of nitrogens with zero attached hydrogens (tertiary/aromatic N) is 2. The van der Waals surface area contributed by atoms with Crippen molar-refractivity contribution in [1.82, 2.24) is 15.3 Å². The first kappa shape index (κ1) is 11.4. The van der Waals surface area contributed by atoms with E-state index in [4.69, 9.17) is 5.73 Å². The SMILES string of the molecule is Cl.NCc1nccc(C2CCCN2)n1. The molecule has 1 saturated heterocycles. The van der Waals surface area contributed by atoms with Crippen LogP contribution >= 0.6 is 12.4 Å². The zero-order chi connectivity index (χ0) is 9.10. The fraction of sp³-hybridized carbons (Fsp3) is 0.556. The molecule has 4 nitrogen and oxygen atoms in total. The van der Waals surface area contributed by atoms with Crippen LogP contribution in [0.25, 0.3) is 0 Å². The normalized spacial score (nSPS) is 20.5. The predicted molar refractivity (Wildman–Crippen MR) is 57.1 cm³/mol. The molecular weight excluding hydrogens is 200 g/mol. The van der Waals surface area contributed by atoms with Gasteiger partial charge in [-0.25, -0.2) is 9.97 Å². The van der Waals surface area contributed by atoms with Crippen LogP contribution in [0.1, 0.15) is 30.4 Å². The van der Waals surface area contributed by atoms with Gasteiger partial charge in [-0.3, -0.25) is 0 Å². The number of halogens is 1. The maximum Gasteiger partial charge on any atom is 0.142 e. The van der Waals surface area contributed by atoms with Gasteiger partial charge in [0, 0.05) is 12.2 Å². The van der Waals surface area contributed by atoms with Gasteiger partial charge in [0.25, 0.3) is 0 Å². The summed E-state index contributed by atoms with van der Waals surface area (Å²) < 4.78 is 0. The lowest BCUT2D eigenvalue weighted by Gasteiger charge is -2.09. The summed E-state index contributed by atoms with van der Waals surface area (Å²) in [4.78, 5) is 8.44. The second-order valence-corrected chi connectivity index (χ2v) is 3.25. The van der Waals surface area contributed by atoms with Gasteiger partial charge >= 0.3 is 0 Å². The molecule has 2 rings (SSSR count). The van der Waals surface area contributed by atoms with Crippen LogP contribution in [0.3, 0.4) is 0 Å². The first-order valence-corrected chi connectivity index (χ1v) is 4.65. The number of hydrogen-bond donors (Lipinski definition) is 2. The first-order chi connectivity index (χ1) is 6.40. The lowest BCUT2D eigenvalue weighted by atomic mass is 10.1. The Hall–Kier alpha value is -0.710. The van der Waals surface area contributed by atoms with Gasteiger partial charge in [-0.1, -0.05) is 0 Å². The summed E-state index contributed by atoms with van der Waals surface area (Å²) in [5, 5.41) is 3.39. The molecule has 5 heteroatoms. The Morgan fingerprint density at radius 3 is 3.07 bits per heavy atom. The van der Waals surface area contributed by atoms with E-state index in [0.717, 1.165) is 18.1 Å². The predicted octanol–water partition coefficient (Wildman–Crippen LogP) is 0.782. The number of aromatic nitrogens is 2. The molecule has 1 unspecified atom stereocenters. The van der Waals surface area contributed by atoms with Crippen LogP contribution in [0.4, 0.5) is 0 Å². The van der Waals surface area contributed by atoms with Crippen LogP contribution in [-0.2, 0) is 6.54 Å². The molecule has 0 aliphatic carbocycles. The highest BCUT2D eigenvalue weighted by Crippen LogP contribution is 2.20. The van der Waals surface area contributed by atoms with Crippen molar-refractivity contribution in [3.8, 4) is 0 Å². The van der Waals surface area contributed by atoms with E-state index in [1.807, 2.05) is 6.07 Å². The summed E-state index contributed by atoms with van der Waals surface area (Å²) >= 11 is 0. The Bertz CT molecular complexity index is 286. The van der Waals surface area contributed by atoms with E-state index in [1.165, 1.54) is 12.8 Å². The van der Waals surface area contributed by atoms with Crippen LogP contribution in [0.5, 0.6) is 0 Å². The molecule has 0 radical (unpaired) electrons. The Morgan fingerprint density at radius 2 is 2.43 bits per heavy atom. The minimum atomic E-state index is 0. The molecule has 2 heterocycles. The Balaban J connectivity index is 0.000000980. The Kier molecular flexibility index (Phi) is 4.25. The molecule has 1 atom stereocenters. The van der Waals surface area contributed by atoms with Crippen molar-refractivity contribution >= 4 is 12.4 Å². The van der Waals surface area contributed by atoms with E-state index in [9.17, 15) is 0 Å². The zero-order valence-corrected chi connectivity index (χ0v) is 8.76. The lowest BCUT2D eigenvalue weighted by molar-refractivity contribution is 0.619. The summed E-state index contributed by atoms with van der Waals surface area (Å²) in [6.45, 7) is 1.51. The monoisotopic (exact) mass is 214 g/mol. The van der Waals surface area contributed by atoms with Crippen molar-refractivity contribution in [2.24, 2.45) is 5.73 Å². The van der Waals surface area contributed by atoms with Crippen molar-refractivity contribution < 1.29 is 0 Å². The molecule has 1 aliphatic heterocycles. The molecule has 3 N–H and O–H groups in total. The Morgan fingerprint density at radius 1 is 1.57 bits per heavy atom. The van der Waals surface area contributed by atoms with Gasteiger partial charge in [-0.2, -0.15) is 0 Å². The Labute approximate surface area is 89.7 Å². The van der Waals surface area contributed by atoms with Gasteiger partial charge in [0.2, 0.25) is 0 Å². The fourth-order valence-electron chi connectivity index (χ4n) is 1.64. The third-order valence-corrected chi connectivity index (χ3v) is 2.33. The lowest BCUT2D eigenvalue weighted by Crippen LogP contribution is -2.16. The second-order valence-electron chi connectivity index (χ2n) is 3.25. The molecule has 0 amide bonds. The average molecular weight is 215 g/mol. The maximum absolute atomic E-state index is 5.47. The smallest absolute Gasteiger partial charge is 0.142 e. The number of nitrogens with two attached hydrogens (primary N) is 1. The first-order valence-electron chi connectivity index (χ1n) is 4.65. The van der Waals surface area contributed by atoms with Crippen LogP contribution in [-0.4, -0.2) is 16.5 Å². The third-order valence-electron chi connectivity index (χ3n) is 2.33. The molecule has 14 heavy (non-hydrogen) atoms. The van der Waals surface area contributed by atoms with Gasteiger partial charge < -0.3 is 11.1 Å². The highest BCUT2D eigenvalue weighted by molar-refractivity contribution is 5.85. The molecule has 1 aromatic rings. The third kappa shape index (κ3) is 2.41. The maximum atomic E-state index is 5.47. The highest BCUT2D eigenvalue weighted by Gasteiger charge is 2.17. The number of rotatable bonds is 2.